The fraction of sp³-hybridized carbons (Fsp3) is 0.583. The zero-order chi connectivity index (χ0) is 13.2. The highest BCUT2D eigenvalue weighted by molar-refractivity contribution is 5.00. The van der Waals surface area contributed by atoms with Gasteiger partial charge in [-0.25, -0.2) is 4.68 Å². The Labute approximate surface area is 107 Å². The van der Waals surface area contributed by atoms with Crippen molar-refractivity contribution in [2.45, 2.75) is 39.4 Å². The minimum atomic E-state index is -0.0205. The lowest BCUT2D eigenvalue weighted by atomic mass is 10.1. The van der Waals surface area contributed by atoms with Crippen LogP contribution in [0.15, 0.2) is 18.5 Å². The van der Waals surface area contributed by atoms with Gasteiger partial charge >= 0.3 is 0 Å². The number of hydrogen-bond donors (Lipinski definition) is 1. The number of nitrogens with zero attached hydrogens (tertiary/aromatic N) is 5. The van der Waals surface area contributed by atoms with Gasteiger partial charge in [-0.1, -0.05) is 5.21 Å². The average Bonchev–Trinajstić information content (AvgIpc) is 2.88. The molecule has 0 atom stereocenters. The molecule has 0 radical (unpaired) electrons. The smallest absolute Gasteiger partial charge is 0.0965 e. The molecule has 98 valence electrons. The first-order valence-corrected chi connectivity index (χ1v) is 6.06. The molecule has 0 aliphatic carbocycles. The Balaban J connectivity index is 1.88. The summed E-state index contributed by atoms with van der Waals surface area (Å²) in [7, 11) is 1.94. The van der Waals surface area contributed by atoms with Gasteiger partial charge in [0.2, 0.25) is 0 Å². The van der Waals surface area contributed by atoms with Gasteiger partial charge < -0.3 is 5.32 Å². The molecule has 0 aliphatic heterocycles. The first-order chi connectivity index (χ1) is 8.47. The van der Waals surface area contributed by atoms with Crippen LogP contribution in [0.1, 0.15) is 32.2 Å². The van der Waals surface area contributed by atoms with Crippen molar-refractivity contribution in [2.24, 2.45) is 7.05 Å². The van der Waals surface area contributed by atoms with E-state index in [0.29, 0.717) is 6.54 Å². The number of nitrogens with one attached hydrogen (secondary N) is 1. The molecule has 0 saturated carbocycles. The van der Waals surface area contributed by atoms with Gasteiger partial charge in [-0.2, -0.15) is 5.10 Å². The maximum absolute atomic E-state index is 4.15. The molecule has 0 aromatic carbocycles. The summed E-state index contributed by atoms with van der Waals surface area (Å²) in [6.07, 6.45) is 3.78. The van der Waals surface area contributed by atoms with Crippen molar-refractivity contribution < 1.29 is 0 Å². The topological polar surface area (TPSA) is 60.6 Å². The summed E-state index contributed by atoms with van der Waals surface area (Å²) < 4.78 is 3.74. The molecule has 0 amide bonds. The van der Waals surface area contributed by atoms with Crippen molar-refractivity contribution in [1.82, 2.24) is 30.1 Å². The van der Waals surface area contributed by atoms with Gasteiger partial charge in [0, 0.05) is 26.3 Å². The normalized spacial score (nSPS) is 12.0. The second-order valence-electron chi connectivity index (χ2n) is 5.37. The van der Waals surface area contributed by atoms with Crippen molar-refractivity contribution in [2.75, 3.05) is 0 Å². The molecule has 2 rings (SSSR count). The van der Waals surface area contributed by atoms with Gasteiger partial charge in [-0.05, 0) is 26.8 Å². The minimum Gasteiger partial charge on any atom is -0.305 e. The van der Waals surface area contributed by atoms with Crippen LogP contribution in [-0.4, -0.2) is 24.8 Å². The average molecular weight is 248 g/mol. The maximum atomic E-state index is 4.15. The van der Waals surface area contributed by atoms with Crippen LogP contribution >= 0.6 is 0 Å². The third-order valence-electron chi connectivity index (χ3n) is 2.76. The van der Waals surface area contributed by atoms with Crippen LogP contribution in [0.4, 0.5) is 0 Å². The first-order valence-electron chi connectivity index (χ1n) is 6.06. The third-order valence-corrected chi connectivity index (χ3v) is 2.76. The maximum Gasteiger partial charge on any atom is 0.0965 e. The second-order valence-corrected chi connectivity index (χ2v) is 5.37. The summed E-state index contributed by atoms with van der Waals surface area (Å²) in [5, 5.41) is 15.7. The number of aryl methyl sites for hydroxylation is 1. The summed E-state index contributed by atoms with van der Waals surface area (Å²) in [4.78, 5) is 0. The van der Waals surface area contributed by atoms with Gasteiger partial charge in [0.1, 0.15) is 0 Å². The van der Waals surface area contributed by atoms with Gasteiger partial charge in [-0.15, -0.1) is 5.10 Å². The van der Waals surface area contributed by atoms with Crippen LogP contribution in [0, 0.1) is 0 Å². The van der Waals surface area contributed by atoms with Gasteiger partial charge in [-0.3, -0.25) is 4.68 Å². The zero-order valence-corrected chi connectivity index (χ0v) is 11.4. The molecule has 0 unspecified atom stereocenters. The molecule has 6 heteroatoms. The monoisotopic (exact) mass is 248 g/mol. The van der Waals surface area contributed by atoms with E-state index in [0.717, 1.165) is 17.9 Å². The molecular weight excluding hydrogens is 228 g/mol. The Morgan fingerprint density at radius 3 is 2.61 bits per heavy atom. The Morgan fingerprint density at radius 2 is 2.06 bits per heavy atom. The lowest BCUT2D eigenvalue weighted by Crippen LogP contribution is -2.22. The zero-order valence-electron chi connectivity index (χ0n) is 11.4. The van der Waals surface area contributed by atoms with E-state index in [2.05, 4.69) is 41.5 Å². The van der Waals surface area contributed by atoms with Gasteiger partial charge in [0.25, 0.3) is 0 Å². The molecule has 18 heavy (non-hydrogen) atoms. The van der Waals surface area contributed by atoms with E-state index in [1.54, 1.807) is 6.20 Å². The lowest BCUT2D eigenvalue weighted by Gasteiger charge is -2.17. The summed E-state index contributed by atoms with van der Waals surface area (Å²) in [5.41, 5.74) is 2.08. The lowest BCUT2D eigenvalue weighted by molar-refractivity contribution is 0.347. The highest BCUT2D eigenvalue weighted by Crippen LogP contribution is 2.11. The molecule has 6 nitrogen and oxygen atoms in total. The standard InChI is InChI=1S/C12H20N6/c1-12(2,3)18-9-10(15-16-18)7-13-8-11-5-6-14-17(11)4/h5-6,9,13H,7-8H2,1-4H3. The summed E-state index contributed by atoms with van der Waals surface area (Å²) in [6, 6.07) is 2.00. The largest absolute Gasteiger partial charge is 0.305 e. The van der Waals surface area contributed by atoms with Crippen molar-refractivity contribution in [3.05, 3.63) is 29.8 Å². The molecule has 2 aromatic heterocycles. The fourth-order valence-electron chi connectivity index (χ4n) is 1.60. The van der Waals surface area contributed by atoms with Crippen LogP contribution in [-0.2, 0) is 25.7 Å². The van der Waals surface area contributed by atoms with Gasteiger partial charge in [0.05, 0.1) is 23.1 Å². The van der Waals surface area contributed by atoms with Crippen LogP contribution in [0.3, 0.4) is 0 Å². The minimum absolute atomic E-state index is 0.0205. The van der Waals surface area contributed by atoms with Crippen LogP contribution < -0.4 is 5.32 Å². The number of aromatic nitrogens is 5. The van der Waals surface area contributed by atoms with Gasteiger partial charge in [0.15, 0.2) is 0 Å². The molecule has 0 aliphatic rings. The molecule has 1 N–H and O–H groups in total. The van der Waals surface area contributed by atoms with E-state index in [1.165, 1.54) is 0 Å². The van der Waals surface area contributed by atoms with Crippen molar-refractivity contribution >= 4 is 0 Å². The fourth-order valence-corrected chi connectivity index (χ4v) is 1.60. The molecular formula is C12H20N6. The van der Waals surface area contributed by atoms with Crippen molar-refractivity contribution in [3.63, 3.8) is 0 Å². The molecule has 0 saturated heterocycles. The molecule has 2 heterocycles. The predicted octanol–water partition coefficient (Wildman–Crippen LogP) is 1.06. The Morgan fingerprint density at radius 1 is 1.28 bits per heavy atom. The third kappa shape index (κ3) is 2.95. The predicted molar refractivity (Wildman–Crippen MR) is 68.8 cm³/mol. The summed E-state index contributed by atoms with van der Waals surface area (Å²) in [5.74, 6) is 0. The van der Waals surface area contributed by atoms with E-state index in [1.807, 2.05) is 28.7 Å². The second kappa shape index (κ2) is 4.89. The van der Waals surface area contributed by atoms with Crippen LogP contribution in [0.2, 0.25) is 0 Å². The molecule has 2 aromatic rings. The van der Waals surface area contributed by atoms with E-state index in [-0.39, 0.29) is 5.54 Å². The highest BCUT2D eigenvalue weighted by Gasteiger charge is 2.14. The van der Waals surface area contributed by atoms with E-state index in [9.17, 15) is 0 Å². The van der Waals surface area contributed by atoms with Crippen LogP contribution in [0.5, 0.6) is 0 Å². The van der Waals surface area contributed by atoms with E-state index in [4.69, 9.17) is 0 Å². The quantitative estimate of drug-likeness (QED) is 0.878. The van der Waals surface area contributed by atoms with Crippen LogP contribution in [0.25, 0.3) is 0 Å². The Bertz CT molecular complexity index is 505. The molecule has 0 fully saturated rings. The Kier molecular flexibility index (Phi) is 3.47. The highest BCUT2D eigenvalue weighted by atomic mass is 15.4. The summed E-state index contributed by atoms with van der Waals surface area (Å²) in [6.45, 7) is 7.80. The number of hydrogen-bond acceptors (Lipinski definition) is 4. The van der Waals surface area contributed by atoms with E-state index >= 15 is 0 Å². The molecule has 0 spiro atoms. The summed E-state index contributed by atoms with van der Waals surface area (Å²) >= 11 is 0. The Hall–Kier alpha value is -1.69. The van der Waals surface area contributed by atoms with E-state index < -0.39 is 0 Å². The first kappa shape index (κ1) is 12.8. The van der Waals surface area contributed by atoms with Crippen molar-refractivity contribution in [3.8, 4) is 0 Å². The molecule has 0 bridgehead atoms. The SMILES string of the molecule is Cn1nccc1CNCc1cn(C(C)(C)C)nn1. The van der Waals surface area contributed by atoms with Crippen molar-refractivity contribution in [1.29, 1.82) is 0 Å². The number of rotatable bonds is 4.